The van der Waals surface area contributed by atoms with E-state index in [1.807, 2.05) is 29.6 Å². The molecule has 1 aliphatic rings. The van der Waals surface area contributed by atoms with Crippen LogP contribution in [-0.2, 0) is 22.4 Å². The maximum absolute atomic E-state index is 12.4. The summed E-state index contributed by atoms with van der Waals surface area (Å²) in [6, 6.07) is 7.97. The number of carbonyl (C=O) groups is 1. The zero-order valence-electron chi connectivity index (χ0n) is 14.9. The second-order valence-corrected chi connectivity index (χ2v) is 7.66. The van der Waals surface area contributed by atoms with Gasteiger partial charge in [0.2, 0.25) is 5.91 Å². The lowest BCUT2D eigenvalue weighted by molar-refractivity contribution is -0.120. The molecule has 0 bridgehead atoms. The van der Waals surface area contributed by atoms with E-state index in [2.05, 4.69) is 22.1 Å². The Hall–Kier alpha value is -1.47. The number of hydrogen-bond donors (Lipinski definition) is 1. The first-order valence-corrected chi connectivity index (χ1v) is 10.2. The van der Waals surface area contributed by atoms with Gasteiger partial charge in [-0.15, -0.1) is 11.3 Å². The summed E-state index contributed by atoms with van der Waals surface area (Å²) in [6.07, 6.45) is 1.23. The molecule has 2 heterocycles. The van der Waals surface area contributed by atoms with Crippen molar-refractivity contribution in [3.05, 3.63) is 50.9 Å². The molecule has 1 saturated heterocycles. The minimum atomic E-state index is 0.00479. The van der Waals surface area contributed by atoms with Gasteiger partial charge < -0.3 is 10.1 Å². The molecule has 1 unspecified atom stereocenters. The molecular formula is C19H24ClN3O2S. The van der Waals surface area contributed by atoms with Crippen LogP contribution in [0.3, 0.4) is 0 Å². The van der Waals surface area contributed by atoms with Crippen molar-refractivity contribution in [1.82, 2.24) is 15.2 Å². The summed E-state index contributed by atoms with van der Waals surface area (Å²) in [4.78, 5) is 19.2. The number of nitrogens with one attached hydrogen (secondary N) is 1. The lowest BCUT2D eigenvalue weighted by atomic mass is 10.0. The molecule has 7 heteroatoms. The number of halogens is 1. The highest BCUT2D eigenvalue weighted by atomic mass is 35.5. The fourth-order valence-electron chi connectivity index (χ4n) is 3.06. The topological polar surface area (TPSA) is 54.5 Å². The zero-order chi connectivity index (χ0) is 18.4. The average molecular weight is 394 g/mol. The minimum absolute atomic E-state index is 0.00479. The summed E-state index contributed by atoms with van der Waals surface area (Å²) < 4.78 is 5.47. The number of carbonyl (C=O) groups excluding carboxylic acids is 1. The van der Waals surface area contributed by atoms with Crippen molar-refractivity contribution in [1.29, 1.82) is 0 Å². The van der Waals surface area contributed by atoms with Gasteiger partial charge >= 0.3 is 0 Å². The number of ether oxygens (including phenoxy) is 1. The highest BCUT2D eigenvalue weighted by Gasteiger charge is 2.23. The fourth-order valence-corrected chi connectivity index (χ4v) is 3.93. The number of aryl methyl sites for hydroxylation is 1. The maximum Gasteiger partial charge on any atom is 0.226 e. The van der Waals surface area contributed by atoms with Gasteiger partial charge in [0, 0.05) is 30.0 Å². The molecule has 1 N–H and O–H groups in total. The molecule has 26 heavy (non-hydrogen) atoms. The zero-order valence-corrected chi connectivity index (χ0v) is 16.5. The third kappa shape index (κ3) is 5.27. The van der Waals surface area contributed by atoms with Crippen LogP contribution in [0.1, 0.15) is 29.2 Å². The Morgan fingerprint density at radius 1 is 1.35 bits per heavy atom. The Labute approximate surface area is 163 Å². The molecule has 1 aromatic carbocycles. The SMILES string of the molecule is CCc1nc(CC(=O)NCC(c2ccc(Cl)cc2)N2CCOCC2)cs1. The lowest BCUT2D eigenvalue weighted by Crippen LogP contribution is -2.44. The van der Waals surface area contributed by atoms with Gasteiger partial charge in [-0.2, -0.15) is 0 Å². The number of aromatic nitrogens is 1. The van der Waals surface area contributed by atoms with Crippen LogP contribution in [0.4, 0.5) is 0 Å². The van der Waals surface area contributed by atoms with E-state index in [1.54, 1.807) is 11.3 Å². The van der Waals surface area contributed by atoms with Crippen LogP contribution in [0.2, 0.25) is 5.02 Å². The first-order valence-electron chi connectivity index (χ1n) is 8.93. The van der Waals surface area contributed by atoms with Gasteiger partial charge in [0.1, 0.15) is 0 Å². The van der Waals surface area contributed by atoms with Crippen molar-refractivity contribution >= 4 is 28.8 Å². The summed E-state index contributed by atoms with van der Waals surface area (Å²) >= 11 is 7.64. The van der Waals surface area contributed by atoms with Gasteiger partial charge in [-0.1, -0.05) is 30.7 Å². The normalized spacial score (nSPS) is 16.4. The summed E-state index contributed by atoms with van der Waals surface area (Å²) in [5.74, 6) is 0.00479. The van der Waals surface area contributed by atoms with E-state index >= 15 is 0 Å². The van der Waals surface area contributed by atoms with Crippen molar-refractivity contribution in [3.63, 3.8) is 0 Å². The molecule has 140 valence electrons. The summed E-state index contributed by atoms with van der Waals surface area (Å²) in [7, 11) is 0. The molecule has 1 atom stereocenters. The Kier molecular flexibility index (Phi) is 7.02. The molecule has 0 spiro atoms. The summed E-state index contributed by atoms with van der Waals surface area (Å²) in [5.41, 5.74) is 2.00. The second-order valence-electron chi connectivity index (χ2n) is 6.28. The smallest absolute Gasteiger partial charge is 0.226 e. The highest BCUT2D eigenvalue weighted by Crippen LogP contribution is 2.23. The van der Waals surface area contributed by atoms with Gasteiger partial charge in [-0.05, 0) is 24.1 Å². The standard InChI is InChI=1S/C19H24ClN3O2S/c1-2-19-22-16(13-26-19)11-18(24)21-12-17(23-7-9-25-10-8-23)14-3-5-15(20)6-4-14/h3-6,13,17H,2,7-12H2,1H3,(H,21,24). The number of hydrogen-bond acceptors (Lipinski definition) is 5. The third-order valence-corrected chi connectivity index (χ3v) is 5.77. The van der Waals surface area contributed by atoms with Crippen LogP contribution in [0.15, 0.2) is 29.6 Å². The van der Waals surface area contributed by atoms with E-state index in [1.165, 1.54) is 0 Å². The number of amides is 1. The van der Waals surface area contributed by atoms with Crippen LogP contribution < -0.4 is 5.32 Å². The molecule has 5 nitrogen and oxygen atoms in total. The first kappa shape index (κ1) is 19.3. The van der Waals surface area contributed by atoms with Crippen molar-refractivity contribution in [2.45, 2.75) is 25.8 Å². The largest absolute Gasteiger partial charge is 0.379 e. The van der Waals surface area contributed by atoms with Crippen molar-refractivity contribution in [2.75, 3.05) is 32.8 Å². The van der Waals surface area contributed by atoms with E-state index < -0.39 is 0 Å². The predicted molar refractivity (Wildman–Crippen MR) is 105 cm³/mol. The molecule has 1 fully saturated rings. The predicted octanol–water partition coefficient (Wildman–Crippen LogP) is 3.09. The van der Waals surface area contributed by atoms with E-state index in [4.69, 9.17) is 16.3 Å². The molecule has 0 aliphatic carbocycles. The maximum atomic E-state index is 12.4. The highest BCUT2D eigenvalue weighted by molar-refractivity contribution is 7.09. The average Bonchev–Trinajstić information content (AvgIpc) is 3.11. The first-order chi connectivity index (χ1) is 12.7. The Morgan fingerprint density at radius 2 is 2.08 bits per heavy atom. The Balaban J connectivity index is 1.63. The number of benzene rings is 1. The van der Waals surface area contributed by atoms with Gasteiger partial charge in [0.15, 0.2) is 0 Å². The molecule has 0 radical (unpaired) electrons. The molecule has 1 aliphatic heterocycles. The van der Waals surface area contributed by atoms with Crippen LogP contribution in [0.25, 0.3) is 0 Å². The quantitative estimate of drug-likeness (QED) is 0.785. The van der Waals surface area contributed by atoms with E-state index in [0.29, 0.717) is 18.0 Å². The van der Waals surface area contributed by atoms with Gasteiger partial charge in [0.25, 0.3) is 0 Å². The van der Waals surface area contributed by atoms with Crippen molar-refractivity contribution in [2.24, 2.45) is 0 Å². The molecule has 2 aromatic rings. The Bertz CT molecular complexity index is 714. The monoisotopic (exact) mass is 393 g/mol. The number of thiazole rings is 1. The van der Waals surface area contributed by atoms with Crippen molar-refractivity contribution < 1.29 is 9.53 Å². The minimum Gasteiger partial charge on any atom is -0.379 e. The Morgan fingerprint density at radius 3 is 2.73 bits per heavy atom. The van der Waals surface area contributed by atoms with Gasteiger partial charge in [0.05, 0.1) is 36.4 Å². The number of morpholine rings is 1. The fraction of sp³-hybridized carbons (Fsp3) is 0.474. The molecule has 1 amide bonds. The number of rotatable bonds is 7. The van der Waals surface area contributed by atoms with Crippen LogP contribution in [0, 0.1) is 0 Å². The van der Waals surface area contributed by atoms with E-state index in [9.17, 15) is 4.79 Å². The van der Waals surface area contributed by atoms with E-state index in [0.717, 1.165) is 49.0 Å². The summed E-state index contributed by atoms with van der Waals surface area (Å²) in [6.45, 7) is 5.78. The molecule has 3 rings (SSSR count). The van der Waals surface area contributed by atoms with Gasteiger partial charge in [-0.25, -0.2) is 4.98 Å². The van der Waals surface area contributed by atoms with Gasteiger partial charge in [-0.3, -0.25) is 9.69 Å². The second kappa shape index (κ2) is 9.46. The van der Waals surface area contributed by atoms with Crippen LogP contribution >= 0.6 is 22.9 Å². The van der Waals surface area contributed by atoms with E-state index in [-0.39, 0.29) is 11.9 Å². The molecular weight excluding hydrogens is 370 g/mol. The molecule has 0 saturated carbocycles. The third-order valence-electron chi connectivity index (χ3n) is 4.48. The van der Waals surface area contributed by atoms with Crippen LogP contribution in [-0.4, -0.2) is 48.6 Å². The molecule has 1 aromatic heterocycles. The van der Waals surface area contributed by atoms with Crippen molar-refractivity contribution in [3.8, 4) is 0 Å². The summed E-state index contributed by atoms with van der Waals surface area (Å²) in [5, 5.41) is 6.83. The lowest BCUT2D eigenvalue weighted by Gasteiger charge is -2.35. The van der Waals surface area contributed by atoms with Crippen LogP contribution in [0.5, 0.6) is 0 Å². The number of nitrogens with zero attached hydrogens (tertiary/aromatic N) is 2.